The number of carbonyl (C=O) groups is 3. The van der Waals surface area contributed by atoms with Gasteiger partial charge in [0.05, 0.1) is 30.1 Å². The Kier molecular flexibility index (Phi) is 7.15. The summed E-state index contributed by atoms with van der Waals surface area (Å²) in [6.45, 7) is 4.94. The van der Waals surface area contributed by atoms with Crippen molar-refractivity contribution >= 4 is 29.2 Å². The molecule has 0 bridgehead atoms. The monoisotopic (exact) mass is 502 g/mol. The molecule has 0 radical (unpaired) electrons. The van der Waals surface area contributed by atoms with Crippen molar-refractivity contribution in [2.75, 3.05) is 37.5 Å². The molecule has 0 aliphatic carbocycles. The van der Waals surface area contributed by atoms with Crippen molar-refractivity contribution in [3.8, 4) is 5.88 Å². The number of carboxylic acid groups (broad SMARTS) is 1. The van der Waals surface area contributed by atoms with E-state index in [9.17, 15) is 19.5 Å². The van der Waals surface area contributed by atoms with Gasteiger partial charge in [0.15, 0.2) is 0 Å². The van der Waals surface area contributed by atoms with Crippen LogP contribution in [0.2, 0.25) is 0 Å². The minimum absolute atomic E-state index is 0.189. The molecule has 0 spiro atoms. The minimum atomic E-state index is -0.991. The number of nitrogens with zero attached hydrogens (tertiary/aromatic N) is 2. The van der Waals surface area contributed by atoms with E-state index in [2.05, 4.69) is 29.5 Å². The van der Waals surface area contributed by atoms with Crippen LogP contribution in [-0.4, -0.2) is 55.1 Å². The van der Waals surface area contributed by atoms with Gasteiger partial charge in [-0.3, -0.25) is 9.59 Å². The topological polar surface area (TPSA) is 121 Å². The fourth-order valence-electron chi connectivity index (χ4n) is 4.69. The van der Waals surface area contributed by atoms with Crippen LogP contribution in [0.3, 0.4) is 0 Å². The molecule has 9 nitrogen and oxygen atoms in total. The van der Waals surface area contributed by atoms with Gasteiger partial charge in [-0.05, 0) is 41.3 Å². The molecule has 2 heterocycles. The Balaban J connectivity index is 1.71. The molecule has 1 aliphatic heterocycles. The first-order valence-electron chi connectivity index (χ1n) is 12.0. The number of carbonyl (C=O) groups excluding carboxylic acids is 2. The van der Waals surface area contributed by atoms with E-state index in [1.165, 1.54) is 26.4 Å². The van der Waals surface area contributed by atoms with Crippen LogP contribution in [0.4, 0.5) is 11.4 Å². The highest BCUT2D eigenvalue weighted by Gasteiger charge is 2.52. The molecule has 3 N–H and O–H groups in total. The van der Waals surface area contributed by atoms with Crippen molar-refractivity contribution in [3.05, 3.63) is 83.0 Å². The zero-order chi connectivity index (χ0) is 26.7. The summed E-state index contributed by atoms with van der Waals surface area (Å²) in [5.41, 5.74) is 2.65. The lowest BCUT2D eigenvalue weighted by atomic mass is 9.69. The van der Waals surface area contributed by atoms with E-state index in [1.807, 2.05) is 29.2 Å². The van der Waals surface area contributed by atoms with Crippen LogP contribution >= 0.6 is 0 Å². The molecule has 2 amide bonds. The van der Waals surface area contributed by atoms with E-state index in [0.29, 0.717) is 13.1 Å². The second-order valence-corrected chi connectivity index (χ2v) is 9.34. The Morgan fingerprint density at radius 3 is 2.35 bits per heavy atom. The lowest BCUT2D eigenvalue weighted by Gasteiger charge is -2.51. The number of ether oxygens (including phenoxy) is 1. The molecule has 192 valence electrons. The van der Waals surface area contributed by atoms with Gasteiger partial charge in [0, 0.05) is 31.9 Å². The SMILES string of the molecule is CNC(=O)c1cc(OC)ncc1NC(=O)C1(c2ccccc2C(C)C)CN(c2ccc(C(=O)O)cc2)C1. The standard InChI is InChI=1S/C28H30N4O5/c1-17(2)20-7-5-6-8-22(20)28(15-32(16-28)19-11-9-18(10-12-19)26(34)35)27(36)31-23-14-30-24(37-4)13-21(23)25(33)29-3/h5-14,17H,15-16H2,1-4H3,(H,29,33)(H,31,36)(H,34,35). The number of hydrogen-bond donors (Lipinski definition) is 3. The van der Waals surface area contributed by atoms with Crippen LogP contribution in [0.1, 0.15) is 51.6 Å². The number of carboxylic acids is 1. The molecule has 3 aromatic rings. The number of methoxy groups -OCH3 is 1. The zero-order valence-corrected chi connectivity index (χ0v) is 21.2. The highest BCUT2D eigenvalue weighted by atomic mass is 16.5. The van der Waals surface area contributed by atoms with Crippen molar-refractivity contribution in [2.45, 2.75) is 25.2 Å². The second-order valence-electron chi connectivity index (χ2n) is 9.34. The smallest absolute Gasteiger partial charge is 0.335 e. The average molecular weight is 503 g/mol. The van der Waals surface area contributed by atoms with Gasteiger partial charge in [-0.1, -0.05) is 38.1 Å². The van der Waals surface area contributed by atoms with Gasteiger partial charge in [-0.15, -0.1) is 0 Å². The molecule has 1 saturated heterocycles. The normalized spacial score (nSPS) is 14.0. The van der Waals surface area contributed by atoms with E-state index in [4.69, 9.17) is 4.74 Å². The zero-order valence-electron chi connectivity index (χ0n) is 21.2. The van der Waals surface area contributed by atoms with Crippen LogP contribution < -0.4 is 20.3 Å². The maximum Gasteiger partial charge on any atom is 0.335 e. The molecule has 1 aromatic heterocycles. The third-order valence-electron chi connectivity index (χ3n) is 6.74. The van der Waals surface area contributed by atoms with E-state index in [1.54, 1.807) is 24.3 Å². The molecule has 0 atom stereocenters. The number of rotatable bonds is 8. The summed E-state index contributed by atoms with van der Waals surface area (Å²) in [6, 6.07) is 16.0. The van der Waals surface area contributed by atoms with Crippen molar-refractivity contribution < 1.29 is 24.2 Å². The first-order chi connectivity index (χ1) is 17.7. The Hall–Kier alpha value is -4.40. The molecule has 2 aromatic carbocycles. The van der Waals surface area contributed by atoms with Crippen molar-refractivity contribution in [1.82, 2.24) is 10.3 Å². The van der Waals surface area contributed by atoms with Gasteiger partial charge in [0.25, 0.3) is 5.91 Å². The summed E-state index contributed by atoms with van der Waals surface area (Å²) in [5, 5.41) is 14.8. The number of aromatic carboxylic acids is 1. The van der Waals surface area contributed by atoms with Crippen molar-refractivity contribution in [3.63, 3.8) is 0 Å². The van der Waals surface area contributed by atoms with Gasteiger partial charge in [-0.2, -0.15) is 0 Å². The fraction of sp³-hybridized carbons (Fsp3) is 0.286. The number of aromatic nitrogens is 1. The Morgan fingerprint density at radius 1 is 1.08 bits per heavy atom. The van der Waals surface area contributed by atoms with Gasteiger partial charge in [-0.25, -0.2) is 9.78 Å². The van der Waals surface area contributed by atoms with Crippen LogP contribution in [-0.2, 0) is 10.2 Å². The molecule has 0 saturated carbocycles. The molecule has 4 rings (SSSR count). The number of anilines is 2. The lowest BCUT2D eigenvalue weighted by Crippen LogP contribution is -2.65. The van der Waals surface area contributed by atoms with Crippen LogP contribution in [0.5, 0.6) is 5.88 Å². The van der Waals surface area contributed by atoms with Gasteiger partial charge in [0.2, 0.25) is 11.8 Å². The quantitative estimate of drug-likeness (QED) is 0.430. The van der Waals surface area contributed by atoms with E-state index in [-0.39, 0.29) is 40.4 Å². The first-order valence-corrected chi connectivity index (χ1v) is 12.0. The number of pyridine rings is 1. The molecular formula is C28H30N4O5. The summed E-state index contributed by atoms with van der Waals surface area (Å²) in [4.78, 5) is 44.0. The number of amides is 2. The minimum Gasteiger partial charge on any atom is -0.481 e. The third-order valence-corrected chi connectivity index (χ3v) is 6.74. The summed E-state index contributed by atoms with van der Waals surface area (Å²) >= 11 is 0. The number of hydrogen-bond acceptors (Lipinski definition) is 6. The van der Waals surface area contributed by atoms with Crippen LogP contribution in [0, 0.1) is 0 Å². The van der Waals surface area contributed by atoms with Crippen molar-refractivity contribution in [2.24, 2.45) is 0 Å². The fourth-order valence-corrected chi connectivity index (χ4v) is 4.69. The van der Waals surface area contributed by atoms with E-state index in [0.717, 1.165) is 16.8 Å². The molecule has 9 heteroatoms. The second kappa shape index (κ2) is 10.3. The van der Waals surface area contributed by atoms with E-state index < -0.39 is 11.4 Å². The lowest BCUT2D eigenvalue weighted by molar-refractivity contribution is -0.122. The average Bonchev–Trinajstić information content (AvgIpc) is 2.88. The Labute approximate surface area is 215 Å². The Bertz CT molecular complexity index is 1330. The summed E-state index contributed by atoms with van der Waals surface area (Å²) in [6.07, 6.45) is 1.42. The molecular weight excluding hydrogens is 472 g/mol. The summed E-state index contributed by atoms with van der Waals surface area (Å²) in [5.74, 6) is -1.17. The molecule has 0 unspecified atom stereocenters. The predicted molar refractivity (Wildman–Crippen MR) is 141 cm³/mol. The highest BCUT2D eigenvalue weighted by molar-refractivity contribution is 6.07. The highest BCUT2D eigenvalue weighted by Crippen LogP contribution is 2.42. The van der Waals surface area contributed by atoms with Crippen molar-refractivity contribution in [1.29, 1.82) is 0 Å². The molecule has 1 aliphatic rings. The van der Waals surface area contributed by atoms with Gasteiger partial charge in [0.1, 0.15) is 5.41 Å². The molecule has 37 heavy (non-hydrogen) atoms. The third kappa shape index (κ3) is 4.84. The van der Waals surface area contributed by atoms with Gasteiger partial charge < -0.3 is 25.4 Å². The Morgan fingerprint density at radius 2 is 1.76 bits per heavy atom. The predicted octanol–water partition coefficient (Wildman–Crippen LogP) is 3.67. The summed E-state index contributed by atoms with van der Waals surface area (Å²) in [7, 11) is 2.97. The maximum absolute atomic E-state index is 14.0. The number of nitrogens with one attached hydrogen (secondary N) is 2. The number of benzene rings is 2. The van der Waals surface area contributed by atoms with Crippen LogP contribution in [0.25, 0.3) is 0 Å². The van der Waals surface area contributed by atoms with Gasteiger partial charge >= 0.3 is 5.97 Å². The summed E-state index contributed by atoms with van der Waals surface area (Å²) < 4.78 is 5.16. The molecule has 1 fully saturated rings. The maximum atomic E-state index is 14.0. The van der Waals surface area contributed by atoms with E-state index >= 15 is 0 Å². The largest absolute Gasteiger partial charge is 0.481 e. The van der Waals surface area contributed by atoms with Crippen LogP contribution in [0.15, 0.2) is 60.8 Å². The first kappa shape index (κ1) is 25.7.